The molecule has 1 aromatic heterocycles. The zero-order valence-corrected chi connectivity index (χ0v) is 17.3. The number of piperazine rings is 1. The fourth-order valence-electron chi connectivity index (χ4n) is 3.18. The highest BCUT2D eigenvalue weighted by atomic mass is 19.4. The Hall–Kier alpha value is -3.63. The van der Waals surface area contributed by atoms with E-state index in [0.29, 0.717) is 12.1 Å². The maximum Gasteiger partial charge on any atom is 0.416 e. The zero-order valence-electron chi connectivity index (χ0n) is 25.3. The van der Waals surface area contributed by atoms with Crippen LogP contribution in [-0.4, -0.2) is 51.6 Å². The molecule has 0 bridgehead atoms. The second-order valence-electron chi connectivity index (χ2n) is 7.61. The standard InChI is InChI=1S/C23H22F4N6O.H2/c24-17-2-1-3-19(12-17)33-14-28-22(30-33)29-18-10-16(23(25,26)27)11-20(13-18)31-6-8-32(9-7-31)21(34)15-4-5-15;/h1-3,10-15H,4-9H2,(H,29,30);1H/i6D2,7D2,8D2,9D2;. The first kappa shape index (κ1) is 14.6. The molecule has 1 saturated carbocycles. The van der Waals surface area contributed by atoms with E-state index in [9.17, 15) is 22.4 Å². The van der Waals surface area contributed by atoms with E-state index in [1.165, 1.54) is 18.2 Å². The molecule has 0 spiro atoms. The number of amides is 1. The van der Waals surface area contributed by atoms with Gasteiger partial charge in [-0.3, -0.25) is 4.79 Å². The Balaban J connectivity index is 0.00000423. The van der Waals surface area contributed by atoms with E-state index >= 15 is 0 Å². The number of anilines is 3. The van der Waals surface area contributed by atoms with E-state index in [0.717, 1.165) is 23.1 Å². The van der Waals surface area contributed by atoms with Crippen molar-refractivity contribution in [2.75, 3.05) is 36.2 Å². The molecule has 2 aromatic carbocycles. The highest BCUT2D eigenvalue weighted by Gasteiger charge is 2.35. The molecule has 1 N–H and O–H groups in total. The molecule has 3 aromatic rings. The summed E-state index contributed by atoms with van der Waals surface area (Å²) in [5.41, 5.74) is -2.47. The van der Waals surface area contributed by atoms with Gasteiger partial charge in [0.1, 0.15) is 12.1 Å². The Morgan fingerprint density at radius 1 is 1.09 bits per heavy atom. The van der Waals surface area contributed by atoms with Gasteiger partial charge in [0.25, 0.3) is 0 Å². The molecule has 180 valence electrons. The average molecular weight is 485 g/mol. The van der Waals surface area contributed by atoms with E-state index < -0.39 is 66.7 Å². The number of halogens is 4. The molecule has 7 nitrogen and oxygen atoms in total. The van der Waals surface area contributed by atoms with Crippen LogP contribution in [0.15, 0.2) is 48.8 Å². The lowest BCUT2D eigenvalue weighted by atomic mass is 10.1. The Kier molecular flexibility index (Phi) is 3.70. The first-order valence-electron chi connectivity index (χ1n) is 14.1. The van der Waals surface area contributed by atoms with Gasteiger partial charge in [-0.05, 0) is 49.2 Å². The van der Waals surface area contributed by atoms with Gasteiger partial charge in [0.15, 0.2) is 0 Å². The van der Waals surface area contributed by atoms with Crippen molar-refractivity contribution in [1.82, 2.24) is 19.7 Å². The third-order valence-electron chi connectivity index (χ3n) is 5.02. The smallest absolute Gasteiger partial charge is 0.368 e. The predicted octanol–water partition coefficient (Wildman–Crippen LogP) is 4.47. The fraction of sp³-hybridized carbons (Fsp3) is 0.348. The SMILES string of the molecule is [2H]C1([2H])N(C(=O)C2CC2)C([2H])([2H])C([2H])([2H])N(c2cc(Nc3ncn(-c4cccc(F)c4)n3)cc(C(F)(F)F)c2)C1([2H])[2H].[HH]. The van der Waals surface area contributed by atoms with Gasteiger partial charge in [0.2, 0.25) is 11.9 Å². The number of nitrogens with zero attached hydrogens (tertiary/aromatic N) is 5. The molecule has 5 rings (SSSR count). The molecule has 1 aliphatic heterocycles. The van der Waals surface area contributed by atoms with Crippen molar-refractivity contribution < 1.29 is 34.7 Å². The lowest BCUT2D eigenvalue weighted by Crippen LogP contribution is -2.49. The maximum atomic E-state index is 14.0. The molecule has 2 aliphatic rings. The second-order valence-corrected chi connectivity index (χ2v) is 7.61. The first-order valence-corrected chi connectivity index (χ1v) is 10.1. The third-order valence-corrected chi connectivity index (χ3v) is 5.02. The van der Waals surface area contributed by atoms with Crippen molar-refractivity contribution in [3.8, 4) is 5.69 Å². The van der Waals surface area contributed by atoms with Crippen molar-refractivity contribution in [2.45, 2.75) is 19.0 Å². The summed E-state index contributed by atoms with van der Waals surface area (Å²) in [5, 5.41) is 6.51. The van der Waals surface area contributed by atoms with Crippen LogP contribution in [0.1, 0.15) is 30.8 Å². The number of hydrogen-bond acceptors (Lipinski definition) is 5. The van der Waals surface area contributed by atoms with Crippen molar-refractivity contribution >= 4 is 23.2 Å². The molecule has 2 fully saturated rings. The number of carbonyl (C=O) groups is 1. The summed E-state index contributed by atoms with van der Waals surface area (Å²) in [6, 6.07) is 6.99. The van der Waals surface area contributed by atoms with Crippen LogP contribution in [0.3, 0.4) is 0 Å². The number of aromatic nitrogens is 3. The number of alkyl halides is 3. The van der Waals surface area contributed by atoms with E-state index in [2.05, 4.69) is 15.4 Å². The molecule has 1 amide bonds. The van der Waals surface area contributed by atoms with E-state index in [4.69, 9.17) is 11.0 Å². The fourth-order valence-corrected chi connectivity index (χ4v) is 3.18. The zero-order chi connectivity index (χ0) is 31.0. The van der Waals surface area contributed by atoms with Crippen LogP contribution < -0.4 is 10.2 Å². The lowest BCUT2D eigenvalue weighted by molar-refractivity contribution is -0.137. The number of nitrogens with one attached hydrogen (secondary N) is 1. The minimum Gasteiger partial charge on any atom is -0.368 e. The average Bonchev–Trinajstić information content (AvgIpc) is 3.61. The molecular formula is C23H24F4N6O. The molecule has 0 radical (unpaired) electrons. The summed E-state index contributed by atoms with van der Waals surface area (Å²) in [6.07, 6.45) is -3.35. The van der Waals surface area contributed by atoms with Gasteiger partial charge in [-0.2, -0.15) is 18.2 Å². The lowest BCUT2D eigenvalue weighted by Gasteiger charge is -2.36. The van der Waals surface area contributed by atoms with Crippen molar-refractivity contribution in [2.24, 2.45) is 5.92 Å². The highest BCUT2D eigenvalue weighted by Crippen LogP contribution is 2.36. The quantitative estimate of drug-likeness (QED) is 0.542. The van der Waals surface area contributed by atoms with Crippen molar-refractivity contribution in [3.05, 3.63) is 60.2 Å². The van der Waals surface area contributed by atoms with Gasteiger partial charge >= 0.3 is 6.18 Å². The van der Waals surface area contributed by atoms with Crippen molar-refractivity contribution in [1.29, 1.82) is 0 Å². The maximum absolute atomic E-state index is 14.0. The summed E-state index contributed by atoms with van der Waals surface area (Å²) < 4.78 is 124. The summed E-state index contributed by atoms with van der Waals surface area (Å²) in [5.74, 6) is -2.82. The number of benzene rings is 2. The van der Waals surface area contributed by atoms with Crippen LogP contribution in [0, 0.1) is 11.7 Å². The van der Waals surface area contributed by atoms with Crippen LogP contribution in [0.25, 0.3) is 5.69 Å². The number of rotatable bonds is 5. The molecule has 1 saturated heterocycles. The van der Waals surface area contributed by atoms with Crippen LogP contribution in [0.5, 0.6) is 0 Å². The van der Waals surface area contributed by atoms with Crippen LogP contribution in [0.2, 0.25) is 0 Å². The molecule has 2 heterocycles. The van der Waals surface area contributed by atoms with E-state index in [1.54, 1.807) is 0 Å². The summed E-state index contributed by atoms with van der Waals surface area (Å²) in [4.78, 5) is 16.6. The summed E-state index contributed by atoms with van der Waals surface area (Å²) in [7, 11) is 0. The predicted molar refractivity (Wildman–Crippen MR) is 120 cm³/mol. The van der Waals surface area contributed by atoms with E-state index in [1.807, 2.05) is 0 Å². The largest absolute Gasteiger partial charge is 0.416 e. The first-order chi connectivity index (χ1) is 19.3. The number of carbonyl (C=O) groups excluding carboxylic acids is 1. The molecule has 0 atom stereocenters. The molecular weight excluding hydrogens is 452 g/mol. The molecule has 34 heavy (non-hydrogen) atoms. The van der Waals surface area contributed by atoms with Gasteiger partial charge in [0.05, 0.1) is 22.2 Å². The Bertz CT molecular complexity index is 1520. The van der Waals surface area contributed by atoms with Gasteiger partial charge < -0.3 is 15.1 Å². The van der Waals surface area contributed by atoms with Gasteiger partial charge in [-0.1, -0.05) is 6.07 Å². The summed E-state index contributed by atoms with van der Waals surface area (Å²) >= 11 is 0. The topological polar surface area (TPSA) is 66.3 Å². The number of hydrogen-bond donors (Lipinski definition) is 1. The highest BCUT2D eigenvalue weighted by molar-refractivity contribution is 5.81. The Morgan fingerprint density at radius 3 is 2.53 bits per heavy atom. The summed E-state index contributed by atoms with van der Waals surface area (Å²) in [6.45, 7) is -14.2. The van der Waals surface area contributed by atoms with Crippen LogP contribution >= 0.6 is 0 Å². The van der Waals surface area contributed by atoms with Gasteiger partial charge in [0, 0.05) is 44.7 Å². The third kappa shape index (κ3) is 4.82. The van der Waals surface area contributed by atoms with Crippen LogP contribution in [0.4, 0.5) is 34.9 Å². The molecule has 0 unspecified atom stereocenters. The van der Waals surface area contributed by atoms with Gasteiger partial charge in [-0.15, -0.1) is 5.10 Å². The molecule has 1 aliphatic carbocycles. The minimum absolute atomic E-state index is 0. The minimum atomic E-state index is -5.05. The Morgan fingerprint density at radius 2 is 1.85 bits per heavy atom. The van der Waals surface area contributed by atoms with Crippen LogP contribution in [-0.2, 0) is 11.0 Å². The second kappa shape index (κ2) is 8.62. The van der Waals surface area contributed by atoms with Crippen molar-refractivity contribution in [3.63, 3.8) is 0 Å². The van der Waals surface area contributed by atoms with Gasteiger partial charge in [-0.25, -0.2) is 9.07 Å². The van der Waals surface area contributed by atoms with E-state index in [-0.39, 0.29) is 35.7 Å². The molecule has 11 heteroatoms. The normalized spacial score (nSPS) is 26.0. The Labute approximate surface area is 205 Å². The monoisotopic (exact) mass is 484 g/mol.